The van der Waals surface area contributed by atoms with E-state index < -0.39 is 0 Å². The van der Waals surface area contributed by atoms with Gasteiger partial charge in [0.15, 0.2) is 5.69 Å². The molecule has 4 heterocycles. The fourth-order valence-electron chi connectivity index (χ4n) is 4.25. The first-order valence-corrected chi connectivity index (χ1v) is 9.51. The molecule has 4 fully saturated rings. The van der Waals surface area contributed by atoms with Gasteiger partial charge in [-0.15, -0.1) is 0 Å². The summed E-state index contributed by atoms with van der Waals surface area (Å²) in [5.74, 6) is 1.39. The van der Waals surface area contributed by atoms with Gasteiger partial charge >= 0.3 is 0 Å². The van der Waals surface area contributed by atoms with Crippen molar-refractivity contribution >= 4 is 22.5 Å². The van der Waals surface area contributed by atoms with E-state index >= 15 is 0 Å². The van der Waals surface area contributed by atoms with E-state index in [-0.39, 0.29) is 11.9 Å². The van der Waals surface area contributed by atoms with Crippen molar-refractivity contribution in [3.8, 4) is 0 Å². The van der Waals surface area contributed by atoms with E-state index in [0.29, 0.717) is 11.6 Å². The number of anilines is 1. The van der Waals surface area contributed by atoms with Gasteiger partial charge in [-0.1, -0.05) is 0 Å². The first-order chi connectivity index (χ1) is 12.3. The van der Waals surface area contributed by atoms with Crippen molar-refractivity contribution in [3.05, 3.63) is 23.9 Å². The van der Waals surface area contributed by atoms with Crippen LogP contribution in [0.15, 0.2) is 18.2 Å². The monoisotopic (exact) mass is 339 g/mol. The zero-order chi connectivity index (χ0) is 16.8. The van der Waals surface area contributed by atoms with Gasteiger partial charge in [0.2, 0.25) is 0 Å². The van der Waals surface area contributed by atoms with Crippen molar-refractivity contribution in [2.45, 2.75) is 31.7 Å². The fraction of sp³-hybridized carbons (Fsp3) is 0.579. The first-order valence-electron chi connectivity index (χ1n) is 9.51. The molecule has 25 heavy (non-hydrogen) atoms. The highest BCUT2D eigenvalue weighted by Crippen LogP contribution is 2.30. The van der Waals surface area contributed by atoms with E-state index in [0.717, 1.165) is 35.6 Å². The molecule has 6 rings (SSSR count). The highest BCUT2D eigenvalue weighted by molar-refractivity contribution is 6.05. The molecule has 6 nitrogen and oxygen atoms in total. The Hall–Kier alpha value is -2.08. The second kappa shape index (κ2) is 6.02. The maximum absolute atomic E-state index is 12.8. The normalized spacial score (nSPS) is 28.2. The van der Waals surface area contributed by atoms with Crippen LogP contribution in [0.1, 0.15) is 36.2 Å². The van der Waals surface area contributed by atoms with Crippen LogP contribution >= 0.6 is 0 Å². The molecule has 3 N–H and O–H groups in total. The Kier molecular flexibility index (Phi) is 3.66. The Morgan fingerprint density at radius 3 is 2.80 bits per heavy atom. The number of hydrogen-bond donors (Lipinski definition) is 3. The number of benzene rings is 1. The maximum Gasteiger partial charge on any atom is 0.272 e. The van der Waals surface area contributed by atoms with Gasteiger partial charge in [0.05, 0.1) is 5.52 Å². The SMILES string of the molecule is O=C(N[C@H]1CN2CCC1CC2)c1n[nH]c2ccc(NCC3CC3)cc12. The average molecular weight is 339 g/mol. The zero-order valence-electron chi connectivity index (χ0n) is 14.4. The van der Waals surface area contributed by atoms with Crippen LogP contribution in [0.5, 0.6) is 0 Å². The van der Waals surface area contributed by atoms with Crippen LogP contribution in [0.2, 0.25) is 0 Å². The molecule has 0 spiro atoms. The van der Waals surface area contributed by atoms with Crippen molar-refractivity contribution in [3.63, 3.8) is 0 Å². The Labute approximate surface area is 147 Å². The summed E-state index contributed by atoms with van der Waals surface area (Å²) < 4.78 is 0. The lowest BCUT2D eigenvalue weighted by Gasteiger charge is -2.44. The quantitative estimate of drug-likeness (QED) is 0.781. The topological polar surface area (TPSA) is 73.0 Å². The van der Waals surface area contributed by atoms with Crippen LogP contribution in [0.4, 0.5) is 5.69 Å². The standard InChI is InChI=1S/C19H25N5O/c25-19(21-17-11-24-7-5-13(17)6-8-24)18-15-9-14(20-10-12-1-2-12)3-4-16(15)22-23-18/h3-4,9,12-13,17,20H,1-2,5-8,10-11H2,(H,21,25)(H,22,23)/t17-/m0/s1. The number of piperidine rings is 3. The van der Waals surface area contributed by atoms with Crippen LogP contribution < -0.4 is 10.6 Å². The number of fused-ring (bicyclic) bond motifs is 4. The van der Waals surface area contributed by atoms with Crippen molar-refractivity contribution in [1.82, 2.24) is 20.4 Å². The summed E-state index contributed by atoms with van der Waals surface area (Å²) in [4.78, 5) is 15.3. The molecule has 132 valence electrons. The Morgan fingerprint density at radius 2 is 2.08 bits per heavy atom. The smallest absolute Gasteiger partial charge is 0.272 e. The third kappa shape index (κ3) is 2.99. The second-order valence-electron chi connectivity index (χ2n) is 7.87. The highest BCUT2D eigenvalue weighted by Gasteiger charge is 2.35. The third-order valence-corrected chi connectivity index (χ3v) is 6.04. The highest BCUT2D eigenvalue weighted by atomic mass is 16.2. The summed E-state index contributed by atoms with van der Waals surface area (Å²) >= 11 is 0. The van der Waals surface area contributed by atoms with Gasteiger partial charge in [-0.3, -0.25) is 9.89 Å². The summed E-state index contributed by atoms with van der Waals surface area (Å²) in [6.07, 6.45) is 5.05. The Balaban J connectivity index is 1.34. The van der Waals surface area contributed by atoms with E-state index in [2.05, 4.69) is 31.8 Å². The van der Waals surface area contributed by atoms with Gasteiger partial charge < -0.3 is 15.5 Å². The molecule has 3 saturated heterocycles. The minimum atomic E-state index is -0.0515. The van der Waals surface area contributed by atoms with E-state index in [9.17, 15) is 4.79 Å². The molecule has 1 amide bonds. The van der Waals surface area contributed by atoms with Crippen LogP contribution in [0, 0.1) is 11.8 Å². The molecular formula is C19H25N5O. The van der Waals surface area contributed by atoms with E-state index in [4.69, 9.17) is 0 Å². The summed E-state index contributed by atoms with van der Waals surface area (Å²) in [5.41, 5.74) is 2.50. The van der Waals surface area contributed by atoms with Crippen molar-refractivity contribution in [2.75, 3.05) is 31.5 Å². The van der Waals surface area contributed by atoms with Gasteiger partial charge in [0.1, 0.15) is 0 Å². The van der Waals surface area contributed by atoms with Crippen molar-refractivity contribution in [1.29, 1.82) is 0 Å². The van der Waals surface area contributed by atoms with Gasteiger partial charge in [0, 0.05) is 30.2 Å². The van der Waals surface area contributed by atoms with Crippen LogP contribution in [0.3, 0.4) is 0 Å². The van der Waals surface area contributed by atoms with Crippen LogP contribution in [-0.2, 0) is 0 Å². The molecule has 1 atom stereocenters. The molecule has 1 saturated carbocycles. The number of carbonyl (C=O) groups excluding carboxylic acids is 1. The van der Waals surface area contributed by atoms with Crippen LogP contribution in [-0.4, -0.2) is 53.2 Å². The number of H-pyrrole nitrogens is 1. The summed E-state index contributed by atoms with van der Waals surface area (Å²) in [6, 6.07) is 6.37. The minimum absolute atomic E-state index is 0.0515. The summed E-state index contributed by atoms with van der Waals surface area (Å²) in [7, 11) is 0. The minimum Gasteiger partial charge on any atom is -0.385 e. The number of nitrogens with zero attached hydrogens (tertiary/aromatic N) is 2. The van der Waals surface area contributed by atoms with Gasteiger partial charge in [-0.05, 0) is 68.8 Å². The molecule has 1 aromatic heterocycles. The first kappa shape index (κ1) is 15.2. The number of hydrogen-bond acceptors (Lipinski definition) is 4. The lowest BCUT2D eigenvalue weighted by Crippen LogP contribution is -2.57. The lowest BCUT2D eigenvalue weighted by molar-refractivity contribution is 0.0618. The predicted octanol–water partition coefficient (Wildman–Crippen LogP) is 2.21. The van der Waals surface area contributed by atoms with Crippen molar-refractivity contribution < 1.29 is 4.79 Å². The number of amides is 1. The summed E-state index contributed by atoms with van der Waals surface area (Å²) in [5, 5.41) is 14.9. The molecule has 1 aliphatic carbocycles. The number of nitrogens with one attached hydrogen (secondary N) is 3. The molecule has 6 heteroatoms. The van der Waals surface area contributed by atoms with Crippen molar-refractivity contribution in [2.24, 2.45) is 11.8 Å². The third-order valence-electron chi connectivity index (χ3n) is 6.04. The molecule has 0 unspecified atom stereocenters. The Bertz CT molecular complexity index is 788. The molecule has 0 radical (unpaired) electrons. The molecule has 4 aliphatic rings. The molecule has 3 aliphatic heterocycles. The van der Waals surface area contributed by atoms with Gasteiger partial charge in [0.25, 0.3) is 5.91 Å². The molecule has 2 bridgehead atoms. The second-order valence-corrected chi connectivity index (χ2v) is 7.87. The van der Waals surface area contributed by atoms with E-state index in [1.54, 1.807) is 0 Å². The number of rotatable bonds is 5. The number of aromatic nitrogens is 2. The number of carbonyl (C=O) groups is 1. The fourth-order valence-corrected chi connectivity index (χ4v) is 4.25. The van der Waals surface area contributed by atoms with Gasteiger partial charge in [-0.25, -0.2) is 0 Å². The molecular weight excluding hydrogens is 314 g/mol. The molecule has 2 aromatic rings. The van der Waals surface area contributed by atoms with Gasteiger partial charge in [-0.2, -0.15) is 5.10 Å². The molecule has 1 aromatic carbocycles. The Morgan fingerprint density at radius 1 is 1.24 bits per heavy atom. The number of aromatic amines is 1. The van der Waals surface area contributed by atoms with E-state index in [1.165, 1.54) is 38.8 Å². The zero-order valence-corrected chi connectivity index (χ0v) is 14.4. The largest absolute Gasteiger partial charge is 0.385 e. The maximum atomic E-state index is 12.8. The summed E-state index contributed by atoms with van der Waals surface area (Å²) in [6.45, 7) is 4.36. The lowest BCUT2D eigenvalue weighted by atomic mass is 9.84. The average Bonchev–Trinajstić information content (AvgIpc) is 3.38. The predicted molar refractivity (Wildman–Crippen MR) is 97.7 cm³/mol. The van der Waals surface area contributed by atoms with Crippen LogP contribution in [0.25, 0.3) is 10.9 Å². The van der Waals surface area contributed by atoms with E-state index in [1.807, 2.05) is 12.1 Å².